The van der Waals surface area contributed by atoms with E-state index in [0.717, 1.165) is 28.0 Å². The second-order valence-electron chi connectivity index (χ2n) is 4.90. The van der Waals surface area contributed by atoms with E-state index in [-0.39, 0.29) is 0 Å². The molecule has 0 amide bonds. The molecule has 0 bridgehead atoms. The van der Waals surface area contributed by atoms with Crippen LogP contribution in [0.3, 0.4) is 0 Å². The van der Waals surface area contributed by atoms with Crippen LogP contribution in [0.5, 0.6) is 0 Å². The van der Waals surface area contributed by atoms with Crippen molar-refractivity contribution in [3.8, 4) is 11.6 Å². The van der Waals surface area contributed by atoms with Gasteiger partial charge in [0.2, 0.25) is 0 Å². The molecule has 2 aromatic rings. The Balaban J connectivity index is 2.03. The van der Waals surface area contributed by atoms with Crippen molar-refractivity contribution in [1.29, 1.82) is 0 Å². The van der Waals surface area contributed by atoms with Gasteiger partial charge < -0.3 is 9.73 Å². The number of halogens is 2. The van der Waals surface area contributed by atoms with Crippen LogP contribution in [0.1, 0.15) is 37.8 Å². The summed E-state index contributed by atoms with van der Waals surface area (Å²) in [4.78, 5) is 9.33. The Morgan fingerprint density at radius 3 is 2.80 bits per heavy atom. The largest absolute Gasteiger partial charge is 0.446 e. The second-order valence-corrected chi connectivity index (χ2v) is 6.76. The average molecular weight is 448 g/mol. The number of furan rings is 1. The van der Waals surface area contributed by atoms with E-state index in [2.05, 4.69) is 55.7 Å². The Labute approximate surface area is 140 Å². The Kier molecular flexibility index (Phi) is 4.30. The Hall–Kier alpha value is -0.630. The quantitative estimate of drug-likeness (QED) is 0.668. The number of hydrogen-bond acceptors (Lipinski definition) is 4. The number of hydrogen-bond donors (Lipinski definition) is 1. The van der Waals surface area contributed by atoms with Gasteiger partial charge in [-0.05, 0) is 69.9 Å². The maximum Gasteiger partial charge on any atom is 0.197 e. The average Bonchev–Trinajstić information content (AvgIpc) is 3.19. The summed E-state index contributed by atoms with van der Waals surface area (Å²) in [5.74, 6) is 2.88. The minimum Gasteiger partial charge on any atom is -0.446 e. The molecule has 0 radical (unpaired) electrons. The standard InChI is InChI=1S/C14H15BrIN3O/c1-2-7-17-14-11(16)12(8-3-4-8)18-13(19-14)9-5-6-10(15)20-9/h5-6,8H,2-4,7H2,1H3,(H,17,18,19). The third kappa shape index (κ3) is 3.00. The van der Waals surface area contributed by atoms with E-state index in [0.29, 0.717) is 22.2 Å². The molecule has 6 heteroatoms. The zero-order valence-corrected chi connectivity index (χ0v) is 14.9. The van der Waals surface area contributed by atoms with Gasteiger partial charge in [-0.2, -0.15) is 0 Å². The van der Waals surface area contributed by atoms with Gasteiger partial charge in [-0.25, -0.2) is 9.97 Å². The van der Waals surface area contributed by atoms with Gasteiger partial charge in [0.05, 0.1) is 9.26 Å². The third-order valence-corrected chi connectivity index (χ3v) is 4.67. The molecule has 1 N–H and O–H groups in total. The molecular formula is C14H15BrIN3O. The first-order valence-corrected chi connectivity index (χ1v) is 8.63. The second kappa shape index (κ2) is 6.01. The van der Waals surface area contributed by atoms with Crippen LogP contribution in [0.15, 0.2) is 21.2 Å². The topological polar surface area (TPSA) is 51.0 Å². The number of rotatable bonds is 5. The van der Waals surface area contributed by atoms with Crippen molar-refractivity contribution in [2.75, 3.05) is 11.9 Å². The van der Waals surface area contributed by atoms with Gasteiger partial charge in [0.15, 0.2) is 16.3 Å². The molecule has 0 unspecified atom stereocenters. The van der Waals surface area contributed by atoms with Crippen molar-refractivity contribution in [2.24, 2.45) is 0 Å². The van der Waals surface area contributed by atoms with Gasteiger partial charge in [0, 0.05) is 12.5 Å². The molecule has 0 aromatic carbocycles. The minimum atomic E-state index is 0.587. The molecule has 0 aliphatic heterocycles. The zero-order chi connectivity index (χ0) is 14.1. The molecular weight excluding hydrogens is 433 g/mol. The molecule has 0 saturated heterocycles. The first kappa shape index (κ1) is 14.3. The highest BCUT2D eigenvalue weighted by molar-refractivity contribution is 14.1. The molecule has 2 aromatic heterocycles. The van der Waals surface area contributed by atoms with Gasteiger partial charge in [-0.1, -0.05) is 6.92 Å². The van der Waals surface area contributed by atoms with Crippen molar-refractivity contribution in [3.05, 3.63) is 26.1 Å². The van der Waals surface area contributed by atoms with E-state index >= 15 is 0 Å². The molecule has 2 heterocycles. The lowest BCUT2D eigenvalue weighted by Crippen LogP contribution is -2.08. The van der Waals surface area contributed by atoms with Crippen LogP contribution < -0.4 is 5.32 Å². The normalized spacial score (nSPS) is 14.6. The summed E-state index contributed by atoms with van der Waals surface area (Å²) < 4.78 is 7.43. The summed E-state index contributed by atoms with van der Waals surface area (Å²) in [5, 5.41) is 3.39. The van der Waals surface area contributed by atoms with Crippen LogP contribution in [-0.2, 0) is 0 Å². The monoisotopic (exact) mass is 447 g/mol. The Morgan fingerprint density at radius 2 is 2.20 bits per heavy atom. The van der Waals surface area contributed by atoms with Crippen LogP contribution in [0.4, 0.5) is 5.82 Å². The number of aromatic nitrogens is 2. The lowest BCUT2D eigenvalue weighted by molar-refractivity contribution is 0.551. The maximum absolute atomic E-state index is 5.59. The first-order chi connectivity index (χ1) is 9.69. The van der Waals surface area contributed by atoms with E-state index < -0.39 is 0 Å². The molecule has 3 rings (SSSR count). The molecule has 0 atom stereocenters. The van der Waals surface area contributed by atoms with Gasteiger partial charge in [-0.3, -0.25) is 0 Å². The smallest absolute Gasteiger partial charge is 0.197 e. The summed E-state index contributed by atoms with van der Waals surface area (Å²) in [6.07, 6.45) is 3.52. The predicted molar refractivity (Wildman–Crippen MR) is 90.9 cm³/mol. The Bertz CT molecular complexity index is 625. The predicted octanol–water partition coefficient (Wildman–Crippen LogP) is 4.80. The van der Waals surface area contributed by atoms with E-state index in [1.807, 2.05) is 12.1 Å². The van der Waals surface area contributed by atoms with Crippen molar-refractivity contribution in [2.45, 2.75) is 32.1 Å². The molecule has 1 saturated carbocycles. The van der Waals surface area contributed by atoms with Crippen molar-refractivity contribution in [3.63, 3.8) is 0 Å². The highest BCUT2D eigenvalue weighted by atomic mass is 127. The highest BCUT2D eigenvalue weighted by Gasteiger charge is 2.30. The van der Waals surface area contributed by atoms with Gasteiger partial charge in [0.25, 0.3) is 0 Å². The van der Waals surface area contributed by atoms with Crippen LogP contribution >= 0.6 is 38.5 Å². The first-order valence-electron chi connectivity index (χ1n) is 6.76. The van der Waals surface area contributed by atoms with E-state index in [9.17, 15) is 0 Å². The van der Waals surface area contributed by atoms with E-state index in [1.165, 1.54) is 12.8 Å². The SMILES string of the molecule is CCCNc1nc(-c2ccc(Br)o2)nc(C2CC2)c1I. The number of nitrogens with one attached hydrogen (secondary N) is 1. The fourth-order valence-electron chi connectivity index (χ4n) is 2.00. The fraction of sp³-hybridized carbons (Fsp3) is 0.429. The van der Waals surface area contributed by atoms with Crippen LogP contribution in [0.25, 0.3) is 11.6 Å². The molecule has 20 heavy (non-hydrogen) atoms. The summed E-state index contributed by atoms with van der Waals surface area (Å²) in [6, 6.07) is 3.76. The lowest BCUT2D eigenvalue weighted by Gasteiger charge is -2.11. The highest BCUT2D eigenvalue weighted by Crippen LogP contribution is 2.43. The van der Waals surface area contributed by atoms with Crippen LogP contribution in [-0.4, -0.2) is 16.5 Å². The molecule has 1 aliphatic rings. The summed E-state index contributed by atoms with van der Waals surface area (Å²) in [5.41, 5.74) is 1.15. The van der Waals surface area contributed by atoms with E-state index in [1.54, 1.807) is 0 Å². The fourth-order valence-corrected chi connectivity index (χ4v) is 3.18. The molecule has 1 fully saturated rings. The molecule has 1 aliphatic carbocycles. The van der Waals surface area contributed by atoms with Crippen LogP contribution in [0.2, 0.25) is 0 Å². The van der Waals surface area contributed by atoms with Crippen molar-refractivity contribution < 1.29 is 4.42 Å². The van der Waals surface area contributed by atoms with Crippen molar-refractivity contribution >= 4 is 44.3 Å². The lowest BCUT2D eigenvalue weighted by atomic mass is 10.2. The third-order valence-electron chi connectivity index (χ3n) is 3.18. The van der Waals surface area contributed by atoms with Gasteiger partial charge in [-0.15, -0.1) is 0 Å². The number of anilines is 1. The van der Waals surface area contributed by atoms with E-state index in [4.69, 9.17) is 9.40 Å². The molecule has 4 nitrogen and oxygen atoms in total. The summed E-state index contributed by atoms with van der Waals surface area (Å²) >= 11 is 5.67. The molecule has 106 valence electrons. The van der Waals surface area contributed by atoms with Gasteiger partial charge >= 0.3 is 0 Å². The molecule has 0 spiro atoms. The summed E-state index contributed by atoms with van der Waals surface area (Å²) in [6.45, 7) is 3.06. The maximum atomic E-state index is 5.59. The van der Waals surface area contributed by atoms with Gasteiger partial charge in [0.1, 0.15) is 5.82 Å². The minimum absolute atomic E-state index is 0.587. The van der Waals surface area contributed by atoms with Crippen LogP contribution in [0, 0.1) is 3.57 Å². The van der Waals surface area contributed by atoms with Crippen molar-refractivity contribution in [1.82, 2.24) is 9.97 Å². The Morgan fingerprint density at radius 1 is 1.40 bits per heavy atom. The summed E-state index contributed by atoms with van der Waals surface area (Å²) in [7, 11) is 0. The zero-order valence-electron chi connectivity index (χ0n) is 11.1. The number of nitrogens with zero attached hydrogens (tertiary/aromatic N) is 2.